The second-order valence-corrected chi connectivity index (χ2v) is 4.30. The molecule has 0 N–H and O–H groups in total. The highest BCUT2D eigenvalue weighted by Gasteiger charge is 2.31. The lowest BCUT2D eigenvalue weighted by molar-refractivity contribution is -0.274. The van der Waals surface area contributed by atoms with Gasteiger partial charge < -0.3 is 4.74 Å². The number of ether oxygens (including phenoxy) is 1. The molecule has 2 aromatic rings. The molecule has 0 atom stereocenters. The van der Waals surface area contributed by atoms with Crippen LogP contribution in [-0.2, 0) is 0 Å². The summed E-state index contributed by atoms with van der Waals surface area (Å²) in [6.07, 6.45) is -4.70. The average molecular weight is 280 g/mol. The van der Waals surface area contributed by atoms with E-state index in [4.69, 9.17) is 11.6 Å². The fourth-order valence-corrected chi connectivity index (χ4v) is 2.16. The van der Waals surface area contributed by atoms with Gasteiger partial charge >= 0.3 is 6.36 Å². The largest absolute Gasteiger partial charge is 0.573 e. The molecule has 2 nitrogen and oxygen atoms in total. The van der Waals surface area contributed by atoms with E-state index in [2.05, 4.69) is 9.72 Å². The summed E-state index contributed by atoms with van der Waals surface area (Å²) in [5, 5.41) is 2.46. The van der Waals surface area contributed by atoms with Crippen LogP contribution in [0.3, 0.4) is 0 Å². The van der Waals surface area contributed by atoms with E-state index < -0.39 is 6.36 Å². The van der Waals surface area contributed by atoms with Gasteiger partial charge in [0.05, 0.1) is 0 Å². The van der Waals surface area contributed by atoms with Gasteiger partial charge in [0.1, 0.15) is 15.9 Å². The third kappa shape index (κ3) is 3.34. The summed E-state index contributed by atoms with van der Waals surface area (Å²) in [6, 6.07) is 5.60. The number of alkyl halides is 3. The molecule has 1 aromatic carbocycles. The molecular weight excluding hydrogens is 275 g/mol. The van der Waals surface area contributed by atoms with Crippen LogP contribution in [0.5, 0.6) is 5.75 Å². The van der Waals surface area contributed by atoms with Gasteiger partial charge in [-0.05, 0) is 12.1 Å². The molecule has 0 saturated heterocycles. The number of halogens is 4. The van der Waals surface area contributed by atoms with Crippen LogP contribution in [0.15, 0.2) is 29.6 Å². The van der Waals surface area contributed by atoms with Crippen LogP contribution in [0.1, 0.15) is 0 Å². The molecule has 0 aliphatic rings. The summed E-state index contributed by atoms with van der Waals surface area (Å²) >= 11 is 6.89. The zero-order chi connectivity index (χ0) is 12.5. The lowest BCUT2D eigenvalue weighted by atomic mass is 10.2. The summed E-state index contributed by atoms with van der Waals surface area (Å²) in [6.45, 7) is 0. The van der Waals surface area contributed by atoms with Crippen LogP contribution in [0.2, 0.25) is 5.15 Å². The molecule has 0 spiro atoms. The number of benzene rings is 1. The van der Waals surface area contributed by atoms with Crippen LogP contribution >= 0.6 is 22.9 Å². The molecular formula is C10H5ClF3NOS. The van der Waals surface area contributed by atoms with Crippen molar-refractivity contribution in [3.8, 4) is 16.3 Å². The van der Waals surface area contributed by atoms with E-state index >= 15 is 0 Å². The molecule has 90 valence electrons. The Morgan fingerprint density at radius 1 is 1.29 bits per heavy atom. The van der Waals surface area contributed by atoms with Crippen molar-refractivity contribution in [3.63, 3.8) is 0 Å². The minimum atomic E-state index is -4.70. The normalized spacial score (nSPS) is 11.5. The summed E-state index contributed by atoms with van der Waals surface area (Å²) < 4.78 is 39.9. The Balaban J connectivity index is 2.29. The summed E-state index contributed by atoms with van der Waals surface area (Å²) in [5.74, 6) is -0.277. The highest BCUT2D eigenvalue weighted by atomic mass is 35.5. The smallest absolute Gasteiger partial charge is 0.406 e. The number of aromatic nitrogens is 1. The van der Waals surface area contributed by atoms with Crippen molar-refractivity contribution in [1.82, 2.24) is 4.98 Å². The molecule has 1 heterocycles. The zero-order valence-electron chi connectivity index (χ0n) is 8.16. The van der Waals surface area contributed by atoms with E-state index in [1.54, 1.807) is 11.4 Å². The maximum atomic E-state index is 12.0. The monoisotopic (exact) mass is 279 g/mol. The van der Waals surface area contributed by atoms with Crippen molar-refractivity contribution >= 4 is 22.9 Å². The van der Waals surface area contributed by atoms with E-state index in [0.29, 0.717) is 15.7 Å². The minimum Gasteiger partial charge on any atom is -0.406 e. The highest BCUT2D eigenvalue weighted by molar-refractivity contribution is 7.13. The van der Waals surface area contributed by atoms with Crippen molar-refractivity contribution in [2.24, 2.45) is 0 Å². The van der Waals surface area contributed by atoms with Gasteiger partial charge in [-0.15, -0.1) is 24.5 Å². The van der Waals surface area contributed by atoms with Gasteiger partial charge in [-0.3, -0.25) is 0 Å². The predicted octanol–water partition coefficient (Wildman–Crippen LogP) is 4.36. The van der Waals surface area contributed by atoms with Crippen molar-refractivity contribution in [2.45, 2.75) is 6.36 Å². The van der Waals surface area contributed by atoms with Crippen molar-refractivity contribution < 1.29 is 17.9 Å². The first-order valence-electron chi connectivity index (χ1n) is 4.41. The molecule has 1 aromatic heterocycles. The first kappa shape index (κ1) is 12.2. The Hall–Kier alpha value is -1.27. The van der Waals surface area contributed by atoms with Crippen LogP contribution < -0.4 is 4.74 Å². The lowest BCUT2D eigenvalue weighted by Gasteiger charge is -2.09. The van der Waals surface area contributed by atoms with E-state index in [-0.39, 0.29) is 5.75 Å². The van der Waals surface area contributed by atoms with E-state index in [9.17, 15) is 13.2 Å². The maximum Gasteiger partial charge on any atom is 0.573 e. The third-order valence-electron chi connectivity index (χ3n) is 1.79. The van der Waals surface area contributed by atoms with Crippen LogP contribution in [0.25, 0.3) is 10.6 Å². The Morgan fingerprint density at radius 2 is 2.06 bits per heavy atom. The molecule has 0 radical (unpaired) electrons. The van der Waals surface area contributed by atoms with E-state index in [1.807, 2.05) is 0 Å². The molecule has 0 aliphatic carbocycles. The second kappa shape index (κ2) is 4.54. The Morgan fingerprint density at radius 3 is 2.65 bits per heavy atom. The standard InChI is InChI=1S/C10H5ClF3NOS/c11-8-5-17-9(15-8)6-2-1-3-7(4-6)16-10(12,13)14/h1-5H. The molecule has 7 heteroatoms. The Labute approximate surface area is 104 Å². The zero-order valence-corrected chi connectivity index (χ0v) is 9.73. The fourth-order valence-electron chi connectivity index (χ4n) is 1.21. The van der Waals surface area contributed by atoms with Gasteiger partial charge in [0, 0.05) is 10.9 Å². The molecule has 2 rings (SSSR count). The SMILES string of the molecule is FC(F)(F)Oc1cccc(-c2nc(Cl)cs2)c1. The lowest BCUT2D eigenvalue weighted by Crippen LogP contribution is -2.17. The molecule has 17 heavy (non-hydrogen) atoms. The Bertz CT molecular complexity index is 526. The fraction of sp³-hybridized carbons (Fsp3) is 0.100. The van der Waals surface area contributed by atoms with E-state index in [0.717, 1.165) is 0 Å². The highest BCUT2D eigenvalue weighted by Crippen LogP contribution is 2.30. The van der Waals surface area contributed by atoms with Gasteiger partial charge in [0.15, 0.2) is 0 Å². The van der Waals surface area contributed by atoms with Gasteiger partial charge in [-0.1, -0.05) is 23.7 Å². The number of nitrogens with zero attached hydrogens (tertiary/aromatic N) is 1. The average Bonchev–Trinajstić information content (AvgIpc) is 2.63. The van der Waals surface area contributed by atoms with E-state index in [1.165, 1.54) is 29.5 Å². The topological polar surface area (TPSA) is 22.1 Å². The Kier molecular flexibility index (Phi) is 3.26. The van der Waals surface area contributed by atoms with Crippen LogP contribution in [0, 0.1) is 0 Å². The summed E-state index contributed by atoms with van der Waals surface area (Å²) in [7, 11) is 0. The molecule has 0 saturated carbocycles. The third-order valence-corrected chi connectivity index (χ3v) is 3.01. The van der Waals surface area contributed by atoms with Crippen molar-refractivity contribution in [1.29, 1.82) is 0 Å². The van der Waals surface area contributed by atoms with Gasteiger partial charge in [0.25, 0.3) is 0 Å². The minimum absolute atomic E-state index is 0.277. The first-order chi connectivity index (χ1) is 7.94. The first-order valence-corrected chi connectivity index (χ1v) is 5.67. The number of hydrogen-bond acceptors (Lipinski definition) is 3. The number of hydrogen-bond donors (Lipinski definition) is 0. The maximum absolute atomic E-state index is 12.0. The molecule has 0 aliphatic heterocycles. The molecule has 0 amide bonds. The molecule has 0 fully saturated rings. The molecule has 0 unspecified atom stereocenters. The number of thiazole rings is 1. The summed E-state index contributed by atoms with van der Waals surface area (Å²) in [4.78, 5) is 3.97. The van der Waals surface area contributed by atoms with Gasteiger partial charge in [0.2, 0.25) is 0 Å². The predicted molar refractivity (Wildman–Crippen MR) is 59.2 cm³/mol. The van der Waals surface area contributed by atoms with Crippen LogP contribution in [0.4, 0.5) is 13.2 Å². The second-order valence-electron chi connectivity index (χ2n) is 3.05. The molecule has 0 bridgehead atoms. The van der Waals surface area contributed by atoms with Crippen molar-refractivity contribution in [3.05, 3.63) is 34.8 Å². The summed E-state index contributed by atoms with van der Waals surface area (Å²) in [5.41, 5.74) is 0.531. The van der Waals surface area contributed by atoms with Gasteiger partial charge in [-0.2, -0.15) is 0 Å². The van der Waals surface area contributed by atoms with Crippen molar-refractivity contribution in [2.75, 3.05) is 0 Å². The quantitative estimate of drug-likeness (QED) is 0.815. The van der Waals surface area contributed by atoms with Gasteiger partial charge in [-0.25, -0.2) is 4.98 Å². The number of rotatable bonds is 2. The van der Waals surface area contributed by atoms with Crippen LogP contribution in [-0.4, -0.2) is 11.3 Å².